The van der Waals surface area contributed by atoms with Gasteiger partial charge in [-0.3, -0.25) is 19.8 Å². The first-order chi connectivity index (χ1) is 19.9. The first kappa shape index (κ1) is 26.7. The lowest BCUT2D eigenvalue weighted by molar-refractivity contribution is -0.384. The number of amides is 1. The molecule has 1 saturated heterocycles. The number of thioether (sulfide) groups is 1. The fraction of sp³-hybridized carbons (Fsp3) is 0.0968. The van der Waals surface area contributed by atoms with Crippen LogP contribution in [0.25, 0.3) is 17.0 Å². The minimum Gasteiger partial charge on any atom is -0.450 e. The van der Waals surface area contributed by atoms with Gasteiger partial charge in [0.05, 0.1) is 15.5 Å². The first-order valence-electron chi connectivity index (χ1n) is 12.9. The summed E-state index contributed by atoms with van der Waals surface area (Å²) in [5.41, 5.74) is 3.85. The van der Waals surface area contributed by atoms with E-state index in [4.69, 9.17) is 9.41 Å². The van der Waals surface area contributed by atoms with Gasteiger partial charge in [0.15, 0.2) is 10.3 Å². The number of rotatable bonds is 8. The van der Waals surface area contributed by atoms with E-state index in [1.807, 2.05) is 55.6 Å². The molecule has 8 nitrogen and oxygen atoms in total. The molecule has 2 aromatic heterocycles. The third-order valence-corrected chi connectivity index (χ3v) is 8.50. The zero-order valence-electron chi connectivity index (χ0n) is 21.9. The van der Waals surface area contributed by atoms with Crippen molar-refractivity contribution in [2.75, 3.05) is 6.54 Å². The molecule has 3 aromatic carbocycles. The molecule has 6 rings (SSSR count). The SMILES string of the molecule is Cc1ccc(Sc2ccc(/C=C3\SC(=Nc4ccc([N+](=O)[O-])cc4)N(CCc4c[nH]c5ccccc45)C3=O)o2)cc1. The lowest BCUT2D eigenvalue weighted by Crippen LogP contribution is -2.31. The van der Waals surface area contributed by atoms with Crippen molar-refractivity contribution in [2.24, 2.45) is 4.99 Å². The molecule has 0 spiro atoms. The molecule has 1 aliphatic heterocycles. The number of furan rings is 1. The van der Waals surface area contributed by atoms with Gasteiger partial charge in [-0.15, -0.1) is 0 Å². The molecule has 0 atom stereocenters. The minimum absolute atomic E-state index is 0.0157. The van der Waals surface area contributed by atoms with Crippen LogP contribution in [0.1, 0.15) is 16.9 Å². The van der Waals surface area contributed by atoms with Gasteiger partial charge in [0.25, 0.3) is 11.6 Å². The average molecular weight is 581 g/mol. The molecule has 10 heteroatoms. The summed E-state index contributed by atoms with van der Waals surface area (Å²) in [4.78, 5) is 35.4. The monoisotopic (exact) mass is 580 g/mol. The number of nitro benzene ring substituents is 1. The van der Waals surface area contributed by atoms with E-state index >= 15 is 0 Å². The predicted octanol–water partition coefficient (Wildman–Crippen LogP) is 7.98. The number of amidine groups is 1. The van der Waals surface area contributed by atoms with Crippen LogP contribution in [0.15, 0.2) is 115 Å². The molecule has 1 aliphatic rings. The van der Waals surface area contributed by atoms with E-state index in [0.717, 1.165) is 26.5 Å². The van der Waals surface area contributed by atoms with Crippen molar-refractivity contribution in [3.63, 3.8) is 0 Å². The number of para-hydroxylation sites is 1. The predicted molar refractivity (Wildman–Crippen MR) is 163 cm³/mol. The number of aliphatic imine (C=N–C) groups is 1. The van der Waals surface area contributed by atoms with E-state index in [2.05, 4.69) is 23.2 Å². The molecule has 3 heterocycles. The van der Waals surface area contributed by atoms with Gasteiger partial charge in [-0.05, 0) is 73.1 Å². The Kier molecular flexibility index (Phi) is 7.49. The van der Waals surface area contributed by atoms with E-state index in [1.54, 1.807) is 23.1 Å². The number of H-pyrrole nitrogens is 1. The van der Waals surface area contributed by atoms with Crippen LogP contribution in [-0.4, -0.2) is 32.4 Å². The maximum absolute atomic E-state index is 13.6. The number of aromatic nitrogens is 1. The minimum atomic E-state index is -0.451. The normalized spacial score (nSPS) is 15.4. The van der Waals surface area contributed by atoms with E-state index in [9.17, 15) is 14.9 Å². The van der Waals surface area contributed by atoms with Crippen LogP contribution in [0, 0.1) is 17.0 Å². The highest BCUT2D eigenvalue weighted by atomic mass is 32.2. The Hall–Kier alpha value is -4.54. The number of fused-ring (bicyclic) bond motifs is 1. The Labute approximate surface area is 244 Å². The van der Waals surface area contributed by atoms with Crippen LogP contribution in [0.4, 0.5) is 11.4 Å². The second-order valence-corrected chi connectivity index (χ2v) is 11.5. The number of nitro groups is 1. The van der Waals surface area contributed by atoms with Crippen LogP contribution in [0.2, 0.25) is 0 Å². The van der Waals surface area contributed by atoms with Crippen molar-refractivity contribution in [3.8, 4) is 0 Å². The van der Waals surface area contributed by atoms with Gasteiger partial charge in [0, 0.05) is 46.7 Å². The number of benzene rings is 3. The summed E-state index contributed by atoms with van der Waals surface area (Å²) in [6.45, 7) is 2.47. The zero-order valence-corrected chi connectivity index (χ0v) is 23.6. The number of nitrogens with one attached hydrogen (secondary N) is 1. The van der Waals surface area contributed by atoms with Gasteiger partial charge < -0.3 is 9.40 Å². The lowest BCUT2D eigenvalue weighted by atomic mass is 10.1. The maximum atomic E-state index is 13.6. The quantitative estimate of drug-likeness (QED) is 0.113. The summed E-state index contributed by atoms with van der Waals surface area (Å²) < 4.78 is 6.01. The molecule has 5 aromatic rings. The summed E-state index contributed by atoms with van der Waals surface area (Å²) in [6.07, 6.45) is 4.34. The zero-order chi connectivity index (χ0) is 28.3. The van der Waals surface area contributed by atoms with Crippen molar-refractivity contribution >= 4 is 63.0 Å². The highest BCUT2D eigenvalue weighted by Crippen LogP contribution is 2.36. The highest BCUT2D eigenvalue weighted by molar-refractivity contribution is 8.18. The standard InChI is InChI=1S/C31H24N4O4S2/c1-20-6-13-25(14-7-20)40-29-15-12-24(39-29)18-28-30(36)34(17-16-21-19-32-27-5-3-2-4-26(21)27)31(41-28)33-22-8-10-23(11-9-22)35(37)38/h2-15,18-19,32H,16-17H2,1H3/b28-18-,33-31?. The summed E-state index contributed by atoms with van der Waals surface area (Å²) in [6, 6.07) is 26.0. The number of hydrogen-bond acceptors (Lipinski definition) is 7. The molecule has 0 radical (unpaired) electrons. The molecule has 204 valence electrons. The molecule has 1 N–H and O–H groups in total. The number of nitrogens with zero attached hydrogens (tertiary/aromatic N) is 3. The van der Waals surface area contributed by atoms with Gasteiger partial charge in [-0.1, -0.05) is 47.7 Å². The molecule has 0 saturated carbocycles. The number of carbonyl (C=O) groups is 1. The summed E-state index contributed by atoms with van der Waals surface area (Å²) in [5.74, 6) is 0.406. The molecule has 0 unspecified atom stereocenters. The summed E-state index contributed by atoms with van der Waals surface area (Å²) in [7, 11) is 0. The van der Waals surface area contributed by atoms with Crippen LogP contribution in [-0.2, 0) is 11.2 Å². The van der Waals surface area contributed by atoms with Crippen LogP contribution in [0.3, 0.4) is 0 Å². The second kappa shape index (κ2) is 11.5. The molecule has 0 bridgehead atoms. The fourth-order valence-corrected chi connectivity index (χ4v) is 6.22. The highest BCUT2D eigenvalue weighted by Gasteiger charge is 2.33. The van der Waals surface area contributed by atoms with Gasteiger partial charge in [0.1, 0.15) is 5.76 Å². The van der Waals surface area contributed by atoms with Crippen molar-refractivity contribution < 1.29 is 14.1 Å². The topological polar surface area (TPSA) is 105 Å². The fourth-order valence-electron chi connectivity index (χ4n) is 4.44. The van der Waals surface area contributed by atoms with Crippen molar-refractivity contribution in [1.82, 2.24) is 9.88 Å². The average Bonchev–Trinajstić information content (AvgIpc) is 3.67. The molecule has 41 heavy (non-hydrogen) atoms. The van der Waals surface area contributed by atoms with Gasteiger partial charge >= 0.3 is 0 Å². The number of aromatic amines is 1. The Morgan fingerprint density at radius 1 is 1.05 bits per heavy atom. The van der Waals surface area contributed by atoms with Gasteiger partial charge in [-0.25, -0.2) is 4.99 Å². The summed E-state index contributed by atoms with van der Waals surface area (Å²) >= 11 is 2.78. The van der Waals surface area contributed by atoms with Crippen molar-refractivity contribution in [2.45, 2.75) is 23.3 Å². The Bertz CT molecular complexity index is 1800. The van der Waals surface area contributed by atoms with E-state index < -0.39 is 4.92 Å². The maximum Gasteiger partial charge on any atom is 0.269 e. The van der Waals surface area contributed by atoms with Crippen LogP contribution < -0.4 is 0 Å². The molecular formula is C31H24N4O4S2. The largest absolute Gasteiger partial charge is 0.450 e. The number of hydrogen-bond donors (Lipinski definition) is 1. The van der Waals surface area contributed by atoms with E-state index in [1.165, 1.54) is 41.2 Å². The Morgan fingerprint density at radius 3 is 2.61 bits per heavy atom. The van der Waals surface area contributed by atoms with Gasteiger partial charge in [0.2, 0.25) is 0 Å². The Balaban J connectivity index is 1.26. The van der Waals surface area contributed by atoms with Crippen molar-refractivity contribution in [1.29, 1.82) is 0 Å². The summed E-state index contributed by atoms with van der Waals surface area (Å²) in [5, 5.41) is 13.4. The lowest BCUT2D eigenvalue weighted by Gasteiger charge is -2.15. The molecule has 1 fully saturated rings. The number of carbonyl (C=O) groups excluding carboxylic acids is 1. The van der Waals surface area contributed by atoms with Crippen LogP contribution in [0.5, 0.6) is 0 Å². The molecule has 1 amide bonds. The molecular weight excluding hydrogens is 556 g/mol. The van der Waals surface area contributed by atoms with Crippen molar-refractivity contribution in [3.05, 3.63) is 123 Å². The smallest absolute Gasteiger partial charge is 0.269 e. The Morgan fingerprint density at radius 2 is 1.83 bits per heavy atom. The first-order valence-corrected chi connectivity index (χ1v) is 14.5. The third-order valence-electron chi connectivity index (χ3n) is 6.57. The van der Waals surface area contributed by atoms with E-state index in [-0.39, 0.29) is 11.6 Å². The van der Waals surface area contributed by atoms with Crippen LogP contribution >= 0.6 is 23.5 Å². The molecule has 0 aliphatic carbocycles. The van der Waals surface area contributed by atoms with E-state index in [0.29, 0.717) is 34.5 Å². The number of non-ortho nitro benzene ring substituents is 1. The second-order valence-electron chi connectivity index (χ2n) is 9.42. The van der Waals surface area contributed by atoms with Gasteiger partial charge in [-0.2, -0.15) is 0 Å². The number of aryl methyl sites for hydroxylation is 1. The third kappa shape index (κ3) is 5.98.